The molecule has 0 radical (unpaired) electrons. The van der Waals surface area contributed by atoms with Crippen LogP contribution in [0.5, 0.6) is 0 Å². The highest BCUT2D eigenvalue weighted by molar-refractivity contribution is 8.11. The number of halogens is 1. The van der Waals surface area contributed by atoms with Gasteiger partial charge >= 0.3 is 0 Å². The molecule has 0 aromatic carbocycles. The highest BCUT2D eigenvalue weighted by Gasteiger charge is 2.37. The lowest BCUT2D eigenvalue weighted by Crippen LogP contribution is -2.42. The maximum absolute atomic E-state index is 11.6. The molecule has 0 heterocycles. The van der Waals surface area contributed by atoms with Gasteiger partial charge in [-0.1, -0.05) is 25.7 Å². The Labute approximate surface area is 96.3 Å². The first kappa shape index (κ1) is 11.7. The van der Waals surface area contributed by atoms with E-state index in [4.69, 9.17) is 10.7 Å². The van der Waals surface area contributed by atoms with E-state index in [0.717, 1.165) is 51.4 Å². The molecule has 2 aliphatic carbocycles. The van der Waals surface area contributed by atoms with Crippen LogP contribution in [0.15, 0.2) is 0 Å². The molecule has 0 spiro atoms. The van der Waals surface area contributed by atoms with Crippen LogP contribution in [-0.2, 0) is 9.24 Å². The standard InChI is InChI=1S/C10H18ClNO2S/c11-15(13,14)12(9-5-1-2-6-9)10-7-3-4-8-10/h9-10H,1-8H2. The summed E-state index contributed by atoms with van der Waals surface area (Å²) in [4.78, 5) is 0. The maximum atomic E-state index is 11.6. The Morgan fingerprint density at radius 2 is 1.20 bits per heavy atom. The molecule has 0 aromatic rings. The zero-order valence-corrected chi connectivity index (χ0v) is 10.4. The quantitative estimate of drug-likeness (QED) is 0.724. The third-order valence-electron chi connectivity index (χ3n) is 3.62. The second-order valence-electron chi connectivity index (χ2n) is 4.65. The largest absolute Gasteiger partial charge is 0.300 e. The molecule has 0 atom stereocenters. The van der Waals surface area contributed by atoms with Gasteiger partial charge in [0.2, 0.25) is 0 Å². The van der Waals surface area contributed by atoms with Crippen LogP contribution in [-0.4, -0.2) is 24.8 Å². The summed E-state index contributed by atoms with van der Waals surface area (Å²) < 4.78 is 24.8. The molecule has 0 amide bonds. The first-order chi connectivity index (χ1) is 7.09. The van der Waals surface area contributed by atoms with Crippen molar-refractivity contribution in [1.29, 1.82) is 0 Å². The van der Waals surface area contributed by atoms with Crippen LogP contribution in [0.4, 0.5) is 0 Å². The summed E-state index contributed by atoms with van der Waals surface area (Å²) in [5.41, 5.74) is 0. The lowest BCUT2D eigenvalue weighted by molar-refractivity contribution is 0.257. The van der Waals surface area contributed by atoms with Crippen molar-refractivity contribution in [3.63, 3.8) is 0 Å². The summed E-state index contributed by atoms with van der Waals surface area (Å²) >= 11 is 0. The van der Waals surface area contributed by atoms with Crippen LogP contribution in [0.3, 0.4) is 0 Å². The van der Waals surface area contributed by atoms with E-state index in [1.54, 1.807) is 4.31 Å². The summed E-state index contributed by atoms with van der Waals surface area (Å²) in [6.07, 6.45) is 8.51. The van der Waals surface area contributed by atoms with E-state index in [1.807, 2.05) is 0 Å². The first-order valence-corrected chi connectivity index (χ1v) is 8.09. The van der Waals surface area contributed by atoms with E-state index in [-0.39, 0.29) is 12.1 Å². The zero-order valence-electron chi connectivity index (χ0n) is 8.86. The molecule has 2 fully saturated rings. The van der Waals surface area contributed by atoms with Gasteiger partial charge in [0.25, 0.3) is 9.24 Å². The molecule has 3 nitrogen and oxygen atoms in total. The van der Waals surface area contributed by atoms with Gasteiger partial charge in [-0.25, -0.2) is 0 Å². The fourth-order valence-electron chi connectivity index (χ4n) is 2.97. The van der Waals surface area contributed by atoms with Crippen LogP contribution < -0.4 is 0 Å². The molecule has 5 heteroatoms. The molecule has 0 saturated heterocycles. The van der Waals surface area contributed by atoms with Gasteiger partial charge < -0.3 is 0 Å². The minimum absolute atomic E-state index is 0.176. The second kappa shape index (κ2) is 4.60. The van der Waals surface area contributed by atoms with Crippen LogP contribution in [0.25, 0.3) is 0 Å². The predicted molar refractivity (Wildman–Crippen MR) is 61.1 cm³/mol. The molecular weight excluding hydrogens is 234 g/mol. The minimum Gasteiger partial charge on any atom is -0.195 e. The van der Waals surface area contributed by atoms with E-state index in [1.165, 1.54) is 0 Å². The van der Waals surface area contributed by atoms with Gasteiger partial charge in [0.05, 0.1) is 0 Å². The molecular formula is C10H18ClNO2S. The van der Waals surface area contributed by atoms with Gasteiger partial charge in [0, 0.05) is 22.8 Å². The lowest BCUT2D eigenvalue weighted by atomic mass is 10.2. The molecule has 0 bridgehead atoms. The van der Waals surface area contributed by atoms with Crippen LogP contribution in [0, 0.1) is 0 Å². The smallest absolute Gasteiger partial charge is 0.195 e. The van der Waals surface area contributed by atoms with Gasteiger partial charge in [0.15, 0.2) is 0 Å². The van der Waals surface area contributed by atoms with E-state index < -0.39 is 9.24 Å². The molecule has 0 aromatic heterocycles. The number of nitrogens with zero attached hydrogens (tertiary/aromatic N) is 1. The Morgan fingerprint density at radius 1 is 0.867 bits per heavy atom. The average Bonchev–Trinajstić information content (AvgIpc) is 2.73. The van der Waals surface area contributed by atoms with Crippen molar-refractivity contribution in [3.05, 3.63) is 0 Å². The van der Waals surface area contributed by atoms with Crippen molar-refractivity contribution in [2.45, 2.75) is 63.5 Å². The monoisotopic (exact) mass is 251 g/mol. The molecule has 0 aliphatic heterocycles. The van der Waals surface area contributed by atoms with Crippen molar-refractivity contribution < 1.29 is 8.42 Å². The third-order valence-corrected chi connectivity index (χ3v) is 5.20. The second-order valence-corrected chi connectivity index (χ2v) is 7.06. The molecule has 2 saturated carbocycles. The van der Waals surface area contributed by atoms with Crippen molar-refractivity contribution >= 4 is 19.9 Å². The van der Waals surface area contributed by atoms with Gasteiger partial charge in [-0.2, -0.15) is 12.7 Å². The van der Waals surface area contributed by atoms with Gasteiger partial charge in [-0.3, -0.25) is 0 Å². The van der Waals surface area contributed by atoms with Gasteiger partial charge in [-0.15, -0.1) is 0 Å². The Morgan fingerprint density at radius 3 is 1.47 bits per heavy atom. The fraction of sp³-hybridized carbons (Fsp3) is 1.00. The van der Waals surface area contributed by atoms with E-state index in [9.17, 15) is 8.42 Å². The first-order valence-electron chi connectivity index (χ1n) is 5.82. The Kier molecular flexibility index (Phi) is 3.58. The third kappa shape index (κ3) is 2.66. The summed E-state index contributed by atoms with van der Waals surface area (Å²) in [5, 5.41) is 0. The van der Waals surface area contributed by atoms with Gasteiger partial charge in [0.1, 0.15) is 0 Å². The molecule has 88 valence electrons. The molecule has 2 rings (SSSR count). The van der Waals surface area contributed by atoms with E-state index in [2.05, 4.69) is 0 Å². The minimum atomic E-state index is -3.53. The maximum Gasteiger partial charge on any atom is 0.300 e. The summed E-state index contributed by atoms with van der Waals surface area (Å²) in [5.74, 6) is 0. The highest BCUT2D eigenvalue weighted by Crippen LogP contribution is 2.34. The number of rotatable bonds is 3. The van der Waals surface area contributed by atoms with Gasteiger partial charge in [-0.05, 0) is 25.7 Å². The van der Waals surface area contributed by atoms with Crippen molar-refractivity contribution in [3.8, 4) is 0 Å². The zero-order chi connectivity index (χ0) is 10.9. The van der Waals surface area contributed by atoms with Crippen LogP contribution >= 0.6 is 10.7 Å². The molecule has 0 N–H and O–H groups in total. The Balaban J connectivity index is 2.15. The van der Waals surface area contributed by atoms with E-state index in [0.29, 0.717) is 0 Å². The Hall–Kier alpha value is 0.200. The predicted octanol–water partition coefficient (Wildman–Crippen LogP) is 2.66. The summed E-state index contributed by atoms with van der Waals surface area (Å²) in [7, 11) is 2.03. The lowest BCUT2D eigenvalue weighted by Gasteiger charge is -2.30. The molecule has 0 unspecified atom stereocenters. The van der Waals surface area contributed by atoms with Crippen LogP contribution in [0.2, 0.25) is 0 Å². The van der Waals surface area contributed by atoms with E-state index >= 15 is 0 Å². The average molecular weight is 252 g/mol. The normalized spacial score (nSPS) is 25.5. The SMILES string of the molecule is O=S(=O)(Cl)N(C1CCCC1)C1CCCC1. The Bertz CT molecular complexity index is 289. The summed E-state index contributed by atoms with van der Waals surface area (Å²) in [6.45, 7) is 0. The van der Waals surface area contributed by atoms with Crippen molar-refractivity contribution in [1.82, 2.24) is 4.31 Å². The summed E-state index contributed by atoms with van der Waals surface area (Å²) in [6, 6.07) is 0.353. The number of hydrogen-bond donors (Lipinski definition) is 0. The number of hydrogen-bond acceptors (Lipinski definition) is 2. The fourth-order valence-corrected chi connectivity index (χ4v) is 4.78. The molecule has 15 heavy (non-hydrogen) atoms. The molecule has 2 aliphatic rings. The topological polar surface area (TPSA) is 37.4 Å². The van der Waals surface area contributed by atoms with Crippen molar-refractivity contribution in [2.24, 2.45) is 0 Å². The van der Waals surface area contributed by atoms with Crippen molar-refractivity contribution in [2.75, 3.05) is 0 Å². The highest BCUT2D eigenvalue weighted by atomic mass is 35.7. The van der Waals surface area contributed by atoms with Crippen LogP contribution in [0.1, 0.15) is 51.4 Å².